The predicted molar refractivity (Wildman–Crippen MR) is 99.0 cm³/mol. The summed E-state index contributed by atoms with van der Waals surface area (Å²) in [5, 5.41) is 5.84. The van der Waals surface area contributed by atoms with Crippen LogP contribution in [0.1, 0.15) is 24.0 Å². The topological polar surface area (TPSA) is 58.2 Å². The van der Waals surface area contributed by atoms with E-state index in [2.05, 4.69) is 26.6 Å². The third-order valence-electron chi connectivity index (χ3n) is 4.01. The van der Waals surface area contributed by atoms with E-state index in [1.165, 1.54) is 0 Å². The number of aryl methyl sites for hydroxylation is 1. The Morgan fingerprint density at radius 1 is 1.08 bits per heavy atom. The number of hydrogen-bond acceptors (Lipinski definition) is 2. The molecule has 0 bridgehead atoms. The molecule has 1 aliphatic carbocycles. The minimum absolute atomic E-state index is 0.0611. The second kappa shape index (κ2) is 7.18. The Balaban J connectivity index is 1.65. The van der Waals surface area contributed by atoms with Crippen molar-refractivity contribution in [3.8, 4) is 0 Å². The van der Waals surface area contributed by atoms with Crippen molar-refractivity contribution in [2.24, 2.45) is 5.92 Å². The van der Waals surface area contributed by atoms with E-state index in [9.17, 15) is 9.59 Å². The molecule has 2 aromatic carbocycles. The lowest BCUT2D eigenvalue weighted by molar-refractivity contribution is -0.117. The first kappa shape index (κ1) is 16.7. The molecule has 0 heterocycles. The molecular formula is C19H19BrN2O2. The van der Waals surface area contributed by atoms with Crippen molar-refractivity contribution >= 4 is 39.1 Å². The fraction of sp³-hybridized carbons (Fsp3) is 0.263. The Morgan fingerprint density at radius 3 is 2.46 bits per heavy atom. The first-order chi connectivity index (χ1) is 11.5. The molecule has 0 unspecified atom stereocenters. The summed E-state index contributed by atoms with van der Waals surface area (Å²) >= 11 is 3.38. The fourth-order valence-corrected chi connectivity index (χ4v) is 2.67. The Morgan fingerprint density at radius 2 is 1.79 bits per heavy atom. The third kappa shape index (κ3) is 4.45. The molecule has 5 heteroatoms. The number of hydrogen-bond donors (Lipinski definition) is 2. The van der Waals surface area contributed by atoms with E-state index in [0.717, 1.165) is 39.8 Å². The van der Waals surface area contributed by atoms with E-state index in [4.69, 9.17) is 0 Å². The summed E-state index contributed by atoms with van der Waals surface area (Å²) in [5.41, 5.74) is 3.36. The maximum atomic E-state index is 12.3. The normalized spacial score (nSPS) is 13.4. The van der Waals surface area contributed by atoms with Gasteiger partial charge in [0.25, 0.3) is 0 Å². The monoisotopic (exact) mass is 386 g/mol. The van der Waals surface area contributed by atoms with Crippen LogP contribution in [0.25, 0.3) is 0 Å². The van der Waals surface area contributed by atoms with Gasteiger partial charge < -0.3 is 10.6 Å². The largest absolute Gasteiger partial charge is 0.326 e. The van der Waals surface area contributed by atoms with Crippen LogP contribution in [-0.2, 0) is 16.0 Å². The molecule has 2 N–H and O–H groups in total. The van der Waals surface area contributed by atoms with E-state index < -0.39 is 0 Å². The van der Waals surface area contributed by atoms with Gasteiger partial charge in [0.1, 0.15) is 0 Å². The first-order valence-corrected chi connectivity index (χ1v) is 8.76. The molecule has 0 radical (unpaired) electrons. The van der Waals surface area contributed by atoms with Crippen molar-refractivity contribution in [3.63, 3.8) is 0 Å². The van der Waals surface area contributed by atoms with Crippen LogP contribution < -0.4 is 10.6 Å². The van der Waals surface area contributed by atoms with Crippen LogP contribution in [0, 0.1) is 12.8 Å². The van der Waals surface area contributed by atoms with Gasteiger partial charge in [-0.1, -0.05) is 34.1 Å². The molecule has 1 fully saturated rings. The molecule has 4 nitrogen and oxygen atoms in total. The van der Waals surface area contributed by atoms with Crippen molar-refractivity contribution in [2.45, 2.75) is 26.2 Å². The smallest absolute Gasteiger partial charge is 0.228 e. The van der Waals surface area contributed by atoms with Crippen LogP contribution in [0.15, 0.2) is 46.9 Å². The van der Waals surface area contributed by atoms with Crippen LogP contribution in [0.2, 0.25) is 0 Å². The highest BCUT2D eigenvalue weighted by molar-refractivity contribution is 9.10. The Hall–Kier alpha value is -2.14. The zero-order valence-electron chi connectivity index (χ0n) is 13.4. The molecule has 3 rings (SSSR count). The highest BCUT2D eigenvalue weighted by Crippen LogP contribution is 2.30. The Kier molecular flexibility index (Phi) is 5.00. The van der Waals surface area contributed by atoms with E-state index in [0.29, 0.717) is 6.42 Å². The van der Waals surface area contributed by atoms with Crippen molar-refractivity contribution in [2.75, 3.05) is 10.6 Å². The van der Waals surface area contributed by atoms with Crippen LogP contribution >= 0.6 is 15.9 Å². The predicted octanol–water partition coefficient (Wildman–Crippen LogP) is 4.29. The lowest BCUT2D eigenvalue weighted by atomic mass is 10.1. The number of carbonyl (C=O) groups is 2. The summed E-state index contributed by atoms with van der Waals surface area (Å²) in [5.74, 6) is 0.138. The summed E-state index contributed by atoms with van der Waals surface area (Å²) < 4.78 is 0.988. The zero-order valence-corrected chi connectivity index (χ0v) is 15.0. The number of halogens is 1. The van der Waals surface area contributed by atoms with Gasteiger partial charge in [-0.3, -0.25) is 9.59 Å². The quantitative estimate of drug-likeness (QED) is 0.804. The summed E-state index contributed by atoms with van der Waals surface area (Å²) in [7, 11) is 0. The number of nitrogens with one attached hydrogen (secondary N) is 2. The van der Waals surface area contributed by atoms with E-state index in [1.54, 1.807) is 0 Å². The molecule has 1 aliphatic rings. The minimum atomic E-state index is -0.0777. The van der Waals surface area contributed by atoms with Crippen LogP contribution in [0.3, 0.4) is 0 Å². The van der Waals surface area contributed by atoms with E-state index in [1.807, 2.05) is 49.4 Å². The average Bonchev–Trinajstić information content (AvgIpc) is 3.38. The van der Waals surface area contributed by atoms with Crippen molar-refractivity contribution in [1.82, 2.24) is 0 Å². The average molecular weight is 387 g/mol. The second-order valence-corrected chi connectivity index (χ2v) is 7.06. The molecule has 0 aliphatic heterocycles. The van der Waals surface area contributed by atoms with Gasteiger partial charge in [0, 0.05) is 21.8 Å². The van der Waals surface area contributed by atoms with Gasteiger partial charge in [0.2, 0.25) is 11.8 Å². The summed E-state index contributed by atoms with van der Waals surface area (Å²) in [6.45, 7) is 1.93. The molecule has 0 atom stereocenters. The van der Waals surface area contributed by atoms with Crippen molar-refractivity contribution < 1.29 is 9.59 Å². The van der Waals surface area contributed by atoms with Gasteiger partial charge in [0.05, 0.1) is 6.42 Å². The molecule has 1 saturated carbocycles. The summed E-state index contributed by atoms with van der Waals surface area (Å²) in [4.78, 5) is 24.1. The number of anilines is 2. The lowest BCUT2D eigenvalue weighted by Gasteiger charge is -2.12. The number of carbonyl (C=O) groups excluding carboxylic acids is 2. The van der Waals surface area contributed by atoms with Crippen LogP contribution in [0.4, 0.5) is 11.4 Å². The molecule has 124 valence electrons. The molecule has 2 amide bonds. The van der Waals surface area contributed by atoms with Gasteiger partial charge in [-0.2, -0.15) is 0 Å². The van der Waals surface area contributed by atoms with Crippen LogP contribution in [-0.4, -0.2) is 11.8 Å². The first-order valence-electron chi connectivity index (χ1n) is 7.97. The Bertz CT molecular complexity index is 767. The van der Waals surface area contributed by atoms with Gasteiger partial charge in [-0.15, -0.1) is 0 Å². The van der Waals surface area contributed by atoms with E-state index >= 15 is 0 Å². The Labute approximate surface area is 149 Å². The van der Waals surface area contributed by atoms with E-state index in [-0.39, 0.29) is 17.7 Å². The van der Waals surface area contributed by atoms with Gasteiger partial charge in [-0.25, -0.2) is 0 Å². The maximum Gasteiger partial charge on any atom is 0.228 e. The van der Waals surface area contributed by atoms with Gasteiger partial charge in [-0.05, 0) is 55.2 Å². The molecule has 0 aromatic heterocycles. The van der Waals surface area contributed by atoms with Gasteiger partial charge in [0.15, 0.2) is 0 Å². The molecule has 0 spiro atoms. The van der Waals surface area contributed by atoms with Crippen molar-refractivity contribution in [1.29, 1.82) is 0 Å². The minimum Gasteiger partial charge on any atom is -0.326 e. The number of benzene rings is 2. The summed E-state index contributed by atoms with van der Waals surface area (Å²) in [6, 6.07) is 13.3. The SMILES string of the molecule is Cc1ccc(NC(=O)C2CC2)cc1NC(=O)Cc1ccc(Br)cc1. The zero-order chi connectivity index (χ0) is 17.1. The highest BCUT2D eigenvalue weighted by Gasteiger charge is 2.29. The standard InChI is InChI=1S/C19H19BrN2O2/c1-12-2-9-16(21-19(24)14-5-6-14)11-17(12)22-18(23)10-13-3-7-15(20)8-4-13/h2-4,7-9,11,14H,5-6,10H2,1H3,(H,21,24)(H,22,23). The molecule has 2 aromatic rings. The third-order valence-corrected chi connectivity index (χ3v) is 4.53. The molecule has 24 heavy (non-hydrogen) atoms. The second-order valence-electron chi connectivity index (χ2n) is 6.14. The van der Waals surface area contributed by atoms with Crippen molar-refractivity contribution in [3.05, 3.63) is 58.1 Å². The highest BCUT2D eigenvalue weighted by atomic mass is 79.9. The number of rotatable bonds is 5. The van der Waals surface area contributed by atoms with Crippen LogP contribution in [0.5, 0.6) is 0 Å². The fourth-order valence-electron chi connectivity index (χ4n) is 2.41. The maximum absolute atomic E-state index is 12.3. The van der Waals surface area contributed by atoms with Gasteiger partial charge >= 0.3 is 0 Å². The molecule has 0 saturated heterocycles. The lowest BCUT2D eigenvalue weighted by Crippen LogP contribution is -2.16. The molecular weight excluding hydrogens is 368 g/mol. The number of amides is 2. The summed E-state index contributed by atoms with van der Waals surface area (Å²) in [6.07, 6.45) is 2.24.